The normalized spacial score (nSPS) is 13.4. The third kappa shape index (κ3) is 4.08. The van der Waals surface area contributed by atoms with E-state index in [-0.39, 0.29) is 5.41 Å². The fourth-order valence-electron chi connectivity index (χ4n) is 6.08. The zero-order chi connectivity index (χ0) is 28.0. The monoisotopic (exact) mass is 529 g/mol. The molecule has 0 saturated carbocycles. The number of fused-ring (bicyclic) bond motifs is 3. The fourth-order valence-corrected chi connectivity index (χ4v) is 6.08. The Hall–Kier alpha value is -4.89. The van der Waals surface area contributed by atoms with Gasteiger partial charge in [-0.05, 0) is 45.0 Å². The zero-order valence-corrected chi connectivity index (χ0v) is 23.5. The zero-order valence-electron chi connectivity index (χ0n) is 23.5. The van der Waals surface area contributed by atoms with Gasteiger partial charge in [0.2, 0.25) is 0 Å². The second-order valence-electron chi connectivity index (χ2n) is 11.7. The molecular formula is C38H31N3. The van der Waals surface area contributed by atoms with E-state index in [1.165, 1.54) is 27.8 Å². The quantitative estimate of drug-likeness (QED) is 0.229. The van der Waals surface area contributed by atoms with Gasteiger partial charge in [-0.3, -0.25) is 0 Å². The molecule has 0 spiro atoms. The van der Waals surface area contributed by atoms with Crippen LogP contribution in [-0.2, 0) is 10.8 Å². The van der Waals surface area contributed by atoms with Crippen molar-refractivity contribution in [2.75, 3.05) is 0 Å². The van der Waals surface area contributed by atoms with Crippen LogP contribution in [0.3, 0.4) is 0 Å². The molecule has 0 atom stereocenters. The maximum atomic E-state index is 5.36. The van der Waals surface area contributed by atoms with Gasteiger partial charge < -0.3 is 0 Å². The van der Waals surface area contributed by atoms with Crippen LogP contribution < -0.4 is 0 Å². The molecule has 41 heavy (non-hydrogen) atoms. The van der Waals surface area contributed by atoms with Gasteiger partial charge in [-0.15, -0.1) is 0 Å². The van der Waals surface area contributed by atoms with Crippen LogP contribution in [-0.4, -0.2) is 15.0 Å². The van der Waals surface area contributed by atoms with Crippen LogP contribution >= 0.6 is 0 Å². The van der Waals surface area contributed by atoms with E-state index in [9.17, 15) is 0 Å². The van der Waals surface area contributed by atoms with E-state index in [0.717, 1.165) is 28.3 Å². The largest absolute Gasteiger partial charge is 0.216 e. The van der Waals surface area contributed by atoms with E-state index >= 15 is 0 Å². The molecule has 0 radical (unpaired) electrons. The average Bonchev–Trinajstić information content (AvgIpc) is 3.33. The Morgan fingerprint density at radius 3 is 1.66 bits per heavy atom. The van der Waals surface area contributed by atoms with Gasteiger partial charge in [0.1, 0.15) is 11.2 Å². The summed E-state index contributed by atoms with van der Waals surface area (Å²) in [6.07, 6.45) is 0. The lowest BCUT2D eigenvalue weighted by molar-refractivity contribution is 0.528. The lowest BCUT2D eigenvalue weighted by Crippen LogP contribution is -2.33. The van der Waals surface area contributed by atoms with E-state index in [0.29, 0.717) is 5.82 Å². The molecule has 0 unspecified atom stereocenters. The van der Waals surface area contributed by atoms with E-state index in [4.69, 9.17) is 15.0 Å². The Morgan fingerprint density at radius 2 is 1.02 bits per heavy atom. The van der Waals surface area contributed by atoms with Crippen LogP contribution in [0.5, 0.6) is 0 Å². The molecule has 5 aromatic carbocycles. The highest BCUT2D eigenvalue weighted by atomic mass is 15.1. The van der Waals surface area contributed by atoms with Crippen LogP contribution in [0.4, 0.5) is 0 Å². The standard InChI is InChI=1S/C38H31N3/c1-37(2,3)35-39-34(28-18-14-17-27(25-28)26-15-6-4-7-16-26)40-36(41-35)38(29-19-8-5-9-20-29)32-23-12-10-21-30(32)31-22-11-13-24-33(31)38/h4-25H,1-3H3. The van der Waals surface area contributed by atoms with Gasteiger partial charge in [-0.25, -0.2) is 15.0 Å². The number of nitrogens with zero attached hydrogens (tertiary/aromatic N) is 3. The Morgan fingerprint density at radius 1 is 0.488 bits per heavy atom. The average molecular weight is 530 g/mol. The molecule has 1 aliphatic rings. The van der Waals surface area contributed by atoms with Gasteiger partial charge in [0, 0.05) is 11.0 Å². The number of rotatable bonds is 4. The summed E-state index contributed by atoms with van der Waals surface area (Å²) in [7, 11) is 0. The molecule has 0 saturated heterocycles. The first kappa shape index (κ1) is 25.1. The summed E-state index contributed by atoms with van der Waals surface area (Å²) in [5.74, 6) is 2.22. The summed E-state index contributed by atoms with van der Waals surface area (Å²) in [5.41, 5.74) is 8.30. The first-order chi connectivity index (χ1) is 20.0. The SMILES string of the molecule is CC(C)(C)c1nc(-c2cccc(-c3ccccc3)c2)nc(C2(c3ccccc3)c3ccccc3-c3ccccc32)n1. The van der Waals surface area contributed by atoms with Crippen LogP contribution in [0.15, 0.2) is 133 Å². The minimum Gasteiger partial charge on any atom is -0.216 e. The van der Waals surface area contributed by atoms with Gasteiger partial charge in [-0.2, -0.15) is 0 Å². The number of hydrogen-bond donors (Lipinski definition) is 0. The Bertz CT molecular complexity index is 1820. The van der Waals surface area contributed by atoms with Gasteiger partial charge in [0.05, 0.1) is 0 Å². The van der Waals surface area contributed by atoms with Crippen molar-refractivity contribution in [1.82, 2.24) is 15.0 Å². The molecule has 0 amide bonds. The highest BCUT2D eigenvalue weighted by Crippen LogP contribution is 2.55. The molecule has 0 bridgehead atoms. The molecular weight excluding hydrogens is 498 g/mol. The van der Waals surface area contributed by atoms with Crippen molar-refractivity contribution in [3.05, 3.63) is 162 Å². The van der Waals surface area contributed by atoms with Crippen molar-refractivity contribution in [1.29, 1.82) is 0 Å². The second kappa shape index (κ2) is 9.64. The minimum absolute atomic E-state index is 0.279. The van der Waals surface area contributed by atoms with Crippen LogP contribution in [0, 0.1) is 0 Å². The van der Waals surface area contributed by atoms with Crippen LogP contribution in [0.25, 0.3) is 33.6 Å². The van der Waals surface area contributed by atoms with E-state index in [1.807, 2.05) is 6.07 Å². The first-order valence-electron chi connectivity index (χ1n) is 14.1. The van der Waals surface area contributed by atoms with Crippen molar-refractivity contribution < 1.29 is 0 Å². The molecule has 3 heteroatoms. The van der Waals surface area contributed by atoms with E-state index < -0.39 is 5.41 Å². The molecule has 198 valence electrons. The van der Waals surface area contributed by atoms with Crippen molar-refractivity contribution in [3.63, 3.8) is 0 Å². The lowest BCUT2D eigenvalue weighted by atomic mass is 9.71. The van der Waals surface area contributed by atoms with Crippen molar-refractivity contribution in [2.24, 2.45) is 0 Å². The molecule has 6 aromatic rings. The second-order valence-corrected chi connectivity index (χ2v) is 11.7. The fraction of sp³-hybridized carbons (Fsp3) is 0.132. The highest BCUT2D eigenvalue weighted by molar-refractivity contribution is 5.85. The van der Waals surface area contributed by atoms with Gasteiger partial charge in [-0.1, -0.05) is 148 Å². The van der Waals surface area contributed by atoms with Gasteiger partial charge in [0.25, 0.3) is 0 Å². The van der Waals surface area contributed by atoms with Gasteiger partial charge in [0.15, 0.2) is 11.6 Å². The van der Waals surface area contributed by atoms with Gasteiger partial charge >= 0.3 is 0 Å². The molecule has 1 heterocycles. The maximum absolute atomic E-state index is 5.36. The smallest absolute Gasteiger partial charge is 0.163 e. The molecule has 3 nitrogen and oxygen atoms in total. The summed E-state index contributed by atoms with van der Waals surface area (Å²) >= 11 is 0. The number of hydrogen-bond acceptors (Lipinski definition) is 3. The summed E-state index contributed by atoms with van der Waals surface area (Å²) in [5, 5.41) is 0. The van der Waals surface area contributed by atoms with Crippen LogP contribution in [0.1, 0.15) is 49.1 Å². The number of aromatic nitrogens is 3. The Kier molecular flexibility index (Phi) is 5.90. The van der Waals surface area contributed by atoms with Crippen molar-refractivity contribution in [2.45, 2.75) is 31.6 Å². The third-order valence-electron chi connectivity index (χ3n) is 8.03. The molecule has 0 aliphatic heterocycles. The Balaban J connectivity index is 1.55. The lowest BCUT2D eigenvalue weighted by Gasteiger charge is -2.32. The van der Waals surface area contributed by atoms with E-state index in [1.54, 1.807) is 0 Å². The predicted molar refractivity (Wildman–Crippen MR) is 167 cm³/mol. The minimum atomic E-state index is -0.677. The summed E-state index contributed by atoms with van der Waals surface area (Å²) in [6, 6.07) is 47.0. The molecule has 1 aromatic heterocycles. The summed E-state index contributed by atoms with van der Waals surface area (Å²) < 4.78 is 0. The molecule has 1 aliphatic carbocycles. The summed E-state index contributed by atoms with van der Waals surface area (Å²) in [6.45, 7) is 6.51. The maximum Gasteiger partial charge on any atom is 0.163 e. The highest BCUT2D eigenvalue weighted by Gasteiger charge is 2.49. The van der Waals surface area contributed by atoms with Crippen LogP contribution in [0.2, 0.25) is 0 Å². The topological polar surface area (TPSA) is 38.7 Å². The molecule has 7 rings (SSSR count). The molecule has 0 N–H and O–H groups in total. The number of benzene rings is 5. The summed E-state index contributed by atoms with van der Waals surface area (Å²) in [4.78, 5) is 15.8. The third-order valence-corrected chi connectivity index (χ3v) is 8.03. The van der Waals surface area contributed by atoms with Crippen molar-refractivity contribution in [3.8, 4) is 33.6 Å². The first-order valence-corrected chi connectivity index (χ1v) is 14.1. The Labute approximate surface area is 241 Å². The van der Waals surface area contributed by atoms with E-state index in [2.05, 4.69) is 148 Å². The molecule has 0 fully saturated rings. The van der Waals surface area contributed by atoms with Crippen molar-refractivity contribution >= 4 is 0 Å². The predicted octanol–water partition coefficient (Wildman–Crippen LogP) is 8.87.